The number of rotatable bonds is 3. The summed E-state index contributed by atoms with van der Waals surface area (Å²) in [5, 5.41) is 4.05. The minimum absolute atomic E-state index is 0.0717. The number of hydrogen-bond donors (Lipinski definition) is 0. The molecule has 0 aromatic carbocycles. The highest BCUT2D eigenvalue weighted by Gasteiger charge is 2.29. The molecule has 1 fully saturated rings. The van der Waals surface area contributed by atoms with Crippen LogP contribution in [0.3, 0.4) is 0 Å². The van der Waals surface area contributed by atoms with Gasteiger partial charge in [-0.1, -0.05) is 11.4 Å². The van der Waals surface area contributed by atoms with Gasteiger partial charge in [-0.2, -0.15) is 0 Å². The number of aryl methyl sites for hydroxylation is 3. The standard InChI is InChI=1S/C15H21N5OS/c1-4-12-13(22-18-17-12)15(21)20-7-5-6-11(9-20)14-16-10(2)8-19(14)3/h8,11H,4-7,9H2,1-3H3. The predicted octanol–water partition coefficient (Wildman–Crippen LogP) is 2.16. The van der Waals surface area contributed by atoms with Gasteiger partial charge in [-0.3, -0.25) is 4.79 Å². The van der Waals surface area contributed by atoms with Crippen molar-refractivity contribution in [1.82, 2.24) is 24.0 Å². The molecule has 3 heterocycles. The monoisotopic (exact) mass is 319 g/mol. The Balaban J connectivity index is 1.78. The van der Waals surface area contributed by atoms with E-state index in [4.69, 9.17) is 0 Å². The van der Waals surface area contributed by atoms with Gasteiger partial charge in [0.1, 0.15) is 10.7 Å². The third-order valence-corrected chi connectivity index (χ3v) is 4.95. The fourth-order valence-corrected chi connectivity index (χ4v) is 3.85. The van der Waals surface area contributed by atoms with Gasteiger partial charge in [0, 0.05) is 32.3 Å². The lowest BCUT2D eigenvalue weighted by Crippen LogP contribution is -2.39. The Bertz CT molecular complexity index is 677. The first kappa shape index (κ1) is 15.1. The Morgan fingerprint density at radius 3 is 3.00 bits per heavy atom. The summed E-state index contributed by atoms with van der Waals surface area (Å²) in [6.45, 7) is 5.54. The third-order valence-electron chi connectivity index (χ3n) is 4.19. The predicted molar refractivity (Wildman–Crippen MR) is 85.1 cm³/mol. The van der Waals surface area contributed by atoms with E-state index in [1.165, 1.54) is 11.5 Å². The molecule has 0 spiro atoms. The third kappa shape index (κ3) is 2.77. The van der Waals surface area contributed by atoms with Crippen molar-refractivity contribution in [2.45, 2.75) is 39.0 Å². The maximum atomic E-state index is 12.7. The second kappa shape index (κ2) is 6.16. The van der Waals surface area contributed by atoms with Crippen molar-refractivity contribution in [2.24, 2.45) is 7.05 Å². The summed E-state index contributed by atoms with van der Waals surface area (Å²) in [6, 6.07) is 0. The lowest BCUT2D eigenvalue weighted by molar-refractivity contribution is 0.0707. The van der Waals surface area contributed by atoms with Gasteiger partial charge in [-0.15, -0.1) is 5.10 Å². The molecule has 7 heteroatoms. The first-order chi connectivity index (χ1) is 10.6. The zero-order valence-corrected chi connectivity index (χ0v) is 14.1. The van der Waals surface area contributed by atoms with E-state index in [-0.39, 0.29) is 5.91 Å². The number of nitrogens with zero attached hydrogens (tertiary/aromatic N) is 5. The van der Waals surface area contributed by atoms with Gasteiger partial charge in [0.15, 0.2) is 0 Å². The normalized spacial score (nSPS) is 18.7. The number of carbonyl (C=O) groups excluding carboxylic acids is 1. The quantitative estimate of drug-likeness (QED) is 0.869. The van der Waals surface area contributed by atoms with Crippen LogP contribution in [-0.4, -0.2) is 43.0 Å². The highest BCUT2D eigenvalue weighted by molar-refractivity contribution is 7.08. The van der Waals surface area contributed by atoms with E-state index in [2.05, 4.69) is 19.1 Å². The smallest absolute Gasteiger partial charge is 0.267 e. The summed E-state index contributed by atoms with van der Waals surface area (Å²) >= 11 is 1.21. The first-order valence-corrected chi connectivity index (χ1v) is 8.47. The molecule has 1 aliphatic rings. The molecule has 22 heavy (non-hydrogen) atoms. The summed E-state index contributed by atoms with van der Waals surface area (Å²) in [5.41, 5.74) is 1.84. The minimum atomic E-state index is 0.0717. The van der Waals surface area contributed by atoms with Crippen LogP contribution in [0.4, 0.5) is 0 Å². The molecular formula is C15H21N5OS. The molecule has 1 unspecified atom stereocenters. The van der Waals surface area contributed by atoms with Crippen LogP contribution >= 0.6 is 11.5 Å². The highest BCUT2D eigenvalue weighted by Crippen LogP contribution is 2.27. The number of carbonyl (C=O) groups is 1. The lowest BCUT2D eigenvalue weighted by atomic mass is 9.97. The van der Waals surface area contributed by atoms with Crippen LogP contribution in [0.15, 0.2) is 6.20 Å². The van der Waals surface area contributed by atoms with Gasteiger partial charge in [0.2, 0.25) is 0 Å². The number of imidazole rings is 1. The number of likely N-dealkylation sites (tertiary alicyclic amines) is 1. The summed E-state index contributed by atoms with van der Waals surface area (Å²) in [7, 11) is 2.03. The second-order valence-corrected chi connectivity index (χ2v) is 6.60. The van der Waals surface area contributed by atoms with E-state index < -0.39 is 0 Å². The highest BCUT2D eigenvalue weighted by atomic mass is 32.1. The fraction of sp³-hybridized carbons (Fsp3) is 0.600. The van der Waals surface area contributed by atoms with Crippen molar-refractivity contribution >= 4 is 17.4 Å². The van der Waals surface area contributed by atoms with Crippen molar-refractivity contribution in [2.75, 3.05) is 13.1 Å². The van der Waals surface area contributed by atoms with E-state index in [0.717, 1.165) is 49.6 Å². The molecule has 1 atom stereocenters. The molecule has 0 bridgehead atoms. The van der Waals surface area contributed by atoms with Crippen LogP contribution in [0.1, 0.15) is 52.6 Å². The van der Waals surface area contributed by atoms with E-state index in [1.807, 2.05) is 32.0 Å². The zero-order chi connectivity index (χ0) is 15.7. The molecule has 3 rings (SSSR count). The Morgan fingerprint density at radius 1 is 1.50 bits per heavy atom. The number of amides is 1. The van der Waals surface area contributed by atoms with Crippen molar-refractivity contribution in [3.63, 3.8) is 0 Å². The van der Waals surface area contributed by atoms with Crippen molar-refractivity contribution in [3.05, 3.63) is 28.3 Å². The van der Waals surface area contributed by atoms with Gasteiger partial charge in [0.25, 0.3) is 5.91 Å². The number of piperidine rings is 1. The van der Waals surface area contributed by atoms with Crippen molar-refractivity contribution < 1.29 is 4.79 Å². The van der Waals surface area contributed by atoms with Gasteiger partial charge < -0.3 is 9.47 Å². The minimum Gasteiger partial charge on any atom is -0.337 e. The molecule has 0 radical (unpaired) electrons. The summed E-state index contributed by atoms with van der Waals surface area (Å²) in [5.74, 6) is 1.46. The molecule has 0 N–H and O–H groups in total. The Kier molecular flexibility index (Phi) is 4.24. The molecule has 1 saturated heterocycles. The van der Waals surface area contributed by atoms with E-state index in [9.17, 15) is 4.79 Å². The fourth-order valence-electron chi connectivity index (χ4n) is 3.13. The van der Waals surface area contributed by atoms with Crippen LogP contribution < -0.4 is 0 Å². The van der Waals surface area contributed by atoms with Crippen molar-refractivity contribution in [1.29, 1.82) is 0 Å². The molecule has 2 aromatic heterocycles. The summed E-state index contributed by atoms with van der Waals surface area (Å²) in [4.78, 5) is 20.0. The summed E-state index contributed by atoms with van der Waals surface area (Å²) < 4.78 is 6.01. The van der Waals surface area contributed by atoms with Crippen LogP contribution in [0.2, 0.25) is 0 Å². The Morgan fingerprint density at radius 2 is 2.32 bits per heavy atom. The molecular weight excluding hydrogens is 298 g/mol. The Hall–Kier alpha value is -1.76. The molecule has 2 aromatic rings. The molecule has 6 nitrogen and oxygen atoms in total. The van der Waals surface area contributed by atoms with Crippen LogP contribution in [0.5, 0.6) is 0 Å². The maximum absolute atomic E-state index is 12.7. The van der Waals surface area contributed by atoms with Gasteiger partial charge in [-0.05, 0) is 37.7 Å². The average Bonchev–Trinajstić information content (AvgIpc) is 3.12. The topological polar surface area (TPSA) is 63.9 Å². The molecule has 0 saturated carbocycles. The van der Waals surface area contributed by atoms with E-state index in [0.29, 0.717) is 10.8 Å². The van der Waals surface area contributed by atoms with E-state index in [1.54, 1.807) is 0 Å². The first-order valence-electron chi connectivity index (χ1n) is 7.70. The molecule has 1 amide bonds. The van der Waals surface area contributed by atoms with Gasteiger partial charge >= 0.3 is 0 Å². The number of aromatic nitrogens is 4. The second-order valence-electron chi connectivity index (χ2n) is 5.84. The molecule has 0 aliphatic carbocycles. The van der Waals surface area contributed by atoms with Crippen molar-refractivity contribution in [3.8, 4) is 0 Å². The summed E-state index contributed by atoms with van der Waals surface area (Å²) in [6.07, 6.45) is 4.87. The van der Waals surface area contributed by atoms with E-state index >= 15 is 0 Å². The average molecular weight is 319 g/mol. The number of hydrogen-bond acceptors (Lipinski definition) is 5. The van der Waals surface area contributed by atoms with Crippen LogP contribution in [0.25, 0.3) is 0 Å². The Labute approximate surface area is 134 Å². The molecule has 118 valence electrons. The SMILES string of the molecule is CCc1nnsc1C(=O)N1CCCC(c2nc(C)cn2C)C1. The maximum Gasteiger partial charge on any atom is 0.267 e. The molecule has 1 aliphatic heterocycles. The van der Waals surface area contributed by atoms with Gasteiger partial charge in [-0.25, -0.2) is 4.98 Å². The van der Waals surface area contributed by atoms with Crippen LogP contribution in [-0.2, 0) is 13.5 Å². The van der Waals surface area contributed by atoms with Gasteiger partial charge in [0.05, 0.1) is 11.4 Å². The zero-order valence-electron chi connectivity index (χ0n) is 13.2. The van der Waals surface area contributed by atoms with Crippen LogP contribution in [0, 0.1) is 6.92 Å². The lowest BCUT2D eigenvalue weighted by Gasteiger charge is -2.32. The largest absolute Gasteiger partial charge is 0.337 e.